The highest BCUT2D eigenvalue weighted by Gasteiger charge is 2.25. The van der Waals surface area contributed by atoms with E-state index in [0.717, 1.165) is 28.6 Å². The summed E-state index contributed by atoms with van der Waals surface area (Å²) in [5, 5.41) is 8.64. The van der Waals surface area contributed by atoms with Crippen LogP contribution in [-0.4, -0.2) is 52.7 Å². The van der Waals surface area contributed by atoms with Crippen molar-refractivity contribution in [3.8, 4) is 0 Å². The van der Waals surface area contributed by atoms with E-state index < -0.39 is 10.0 Å². The lowest BCUT2D eigenvalue weighted by Crippen LogP contribution is -2.41. The van der Waals surface area contributed by atoms with Crippen LogP contribution in [0.4, 0.5) is 5.13 Å². The molecule has 2 aromatic rings. The number of aromatic nitrogens is 3. The molecule has 1 aliphatic heterocycles. The van der Waals surface area contributed by atoms with Crippen LogP contribution in [0, 0.1) is 6.92 Å². The smallest absolute Gasteiger partial charge is 0.214 e. The second-order valence-corrected chi connectivity index (χ2v) is 8.04. The molecule has 0 aliphatic carbocycles. The molecule has 0 aromatic carbocycles. The third-order valence-electron chi connectivity index (χ3n) is 3.41. The van der Waals surface area contributed by atoms with Crippen molar-refractivity contribution in [3.63, 3.8) is 0 Å². The molecule has 0 atom stereocenters. The fraction of sp³-hybridized carbons (Fsp3) is 0.636. The van der Waals surface area contributed by atoms with E-state index in [4.69, 9.17) is 0 Å². The SMILES string of the molecule is Cc1cn2nc(NC3CCN(S(C)(=O)=O)CC3)sc2n1. The molecular formula is C11H17N5O2S2. The Morgan fingerprint density at radius 2 is 2.10 bits per heavy atom. The number of nitrogens with zero attached hydrogens (tertiary/aromatic N) is 4. The standard InChI is InChI=1S/C11H17N5O2S2/c1-8-7-16-11(12-8)19-10(14-16)13-9-3-5-15(6-4-9)20(2,17)18/h7,9H,3-6H2,1-2H3,(H,13,14). The molecule has 0 amide bonds. The number of rotatable bonds is 3. The lowest BCUT2D eigenvalue weighted by Gasteiger charge is -2.30. The topological polar surface area (TPSA) is 79.6 Å². The number of aryl methyl sites for hydroxylation is 1. The molecule has 1 aliphatic rings. The van der Waals surface area contributed by atoms with Gasteiger partial charge in [0.2, 0.25) is 20.1 Å². The molecule has 9 heteroatoms. The predicted octanol–water partition coefficient (Wildman–Crippen LogP) is 0.935. The minimum absolute atomic E-state index is 0.268. The number of piperidine rings is 1. The summed E-state index contributed by atoms with van der Waals surface area (Å²) in [6.07, 6.45) is 4.75. The lowest BCUT2D eigenvalue weighted by molar-refractivity contribution is 0.332. The molecule has 0 radical (unpaired) electrons. The summed E-state index contributed by atoms with van der Waals surface area (Å²) in [5.74, 6) is 0. The molecule has 20 heavy (non-hydrogen) atoms. The Morgan fingerprint density at radius 1 is 1.40 bits per heavy atom. The molecule has 0 unspecified atom stereocenters. The zero-order valence-corrected chi connectivity index (χ0v) is 13.0. The highest BCUT2D eigenvalue weighted by molar-refractivity contribution is 7.88. The molecular weight excluding hydrogens is 298 g/mol. The fourth-order valence-corrected chi connectivity index (χ4v) is 4.15. The van der Waals surface area contributed by atoms with Crippen molar-refractivity contribution < 1.29 is 8.42 Å². The number of sulfonamides is 1. The van der Waals surface area contributed by atoms with Crippen LogP contribution in [0.25, 0.3) is 4.96 Å². The summed E-state index contributed by atoms with van der Waals surface area (Å²) in [4.78, 5) is 5.24. The van der Waals surface area contributed by atoms with E-state index in [1.54, 1.807) is 4.52 Å². The van der Waals surface area contributed by atoms with Gasteiger partial charge in [0, 0.05) is 19.1 Å². The van der Waals surface area contributed by atoms with Crippen molar-refractivity contribution in [1.82, 2.24) is 18.9 Å². The lowest BCUT2D eigenvalue weighted by atomic mass is 10.1. The highest BCUT2D eigenvalue weighted by atomic mass is 32.2. The van der Waals surface area contributed by atoms with Gasteiger partial charge in [0.05, 0.1) is 18.1 Å². The summed E-state index contributed by atoms with van der Waals surface area (Å²) < 4.78 is 26.2. The number of fused-ring (bicyclic) bond motifs is 1. The number of anilines is 1. The van der Waals surface area contributed by atoms with Crippen LogP contribution in [0.15, 0.2) is 6.20 Å². The molecule has 1 saturated heterocycles. The molecule has 2 aromatic heterocycles. The third kappa shape index (κ3) is 2.79. The largest absolute Gasteiger partial charge is 0.357 e. The van der Waals surface area contributed by atoms with Gasteiger partial charge in [0.1, 0.15) is 0 Å². The molecule has 7 nitrogen and oxygen atoms in total. The van der Waals surface area contributed by atoms with E-state index in [9.17, 15) is 8.42 Å². The molecule has 3 rings (SSSR count). The van der Waals surface area contributed by atoms with Crippen molar-refractivity contribution in [3.05, 3.63) is 11.9 Å². The van der Waals surface area contributed by atoms with Gasteiger partial charge in [-0.15, -0.1) is 5.10 Å². The average Bonchev–Trinajstić information content (AvgIpc) is 2.85. The van der Waals surface area contributed by atoms with Gasteiger partial charge in [-0.05, 0) is 19.8 Å². The van der Waals surface area contributed by atoms with Crippen LogP contribution >= 0.6 is 11.3 Å². The number of hydrogen-bond acceptors (Lipinski definition) is 6. The van der Waals surface area contributed by atoms with Crippen molar-refractivity contribution in [1.29, 1.82) is 0 Å². The van der Waals surface area contributed by atoms with E-state index in [1.807, 2.05) is 13.1 Å². The number of hydrogen-bond donors (Lipinski definition) is 1. The first-order chi connectivity index (χ1) is 9.41. The third-order valence-corrected chi connectivity index (χ3v) is 5.57. The van der Waals surface area contributed by atoms with Crippen molar-refractivity contribution in [2.45, 2.75) is 25.8 Å². The summed E-state index contributed by atoms with van der Waals surface area (Å²) in [5.41, 5.74) is 0.955. The van der Waals surface area contributed by atoms with E-state index in [2.05, 4.69) is 15.4 Å². The van der Waals surface area contributed by atoms with Crippen molar-refractivity contribution in [2.24, 2.45) is 0 Å². The number of imidazole rings is 1. The maximum absolute atomic E-state index is 11.4. The first-order valence-electron chi connectivity index (χ1n) is 6.46. The average molecular weight is 315 g/mol. The normalized spacial score (nSPS) is 18.7. The molecule has 0 spiro atoms. The van der Waals surface area contributed by atoms with E-state index in [-0.39, 0.29) is 6.04 Å². The Bertz CT molecular complexity index is 681. The zero-order valence-electron chi connectivity index (χ0n) is 11.4. The van der Waals surface area contributed by atoms with Gasteiger partial charge >= 0.3 is 0 Å². The number of nitrogens with one attached hydrogen (secondary N) is 1. The molecule has 3 heterocycles. The minimum atomic E-state index is -3.06. The van der Waals surface area contributed by atoms with Crippen LogP contribution in [0.1, 0.15) is 18.5 Å². The summed E-state index contributed by atoms with van der Waals surface area (Å²) in [7, 11) is -3.06. The van der Waals surface area contributed by atoms with Crippen LogP contribution in [0.2, 0.25) is 0 Å². The van der Waals surface area contributed by atoms with Gasteiger partial charge in [0.25, 0.3) is 0 Å². The van der Waals surface area contributed by atoms with Gasteiger partial charge in [0.15, 0.2) is 0 Å². The van der Waals surface area contributed by atoms with Crippen molar-refractivity contribution >= 4 is 31.5 Å². The summed E-state index contributed by atoms with van der Waals surface area (Å²) in [6.45, 7) is 3.08. The monoisotopic (exact) mass is 315 g/mol. The van der Waals surface area contributed by atoms with Crippen LogP contribution in [-0.2, 0) is 10.0 Å². The maximum Gasteiger partial charge on any atom is 0.214 e. The molecule has 110 valence electrons. The van der Waals surface area contributed by atoms with Crippen LogP contribution < -0.4 is 5.32 Å². The van der Waals surface area contributed by atoms with Gasteiger partial charge in [-0.2, -0.15) is 0 Å². The van der Waals surface area contributed by atoms with Gasteiger partial charge in [-0.1, -0.05) is 11.3 Å². The summed E-state index contributed by atoms with van der Waals surface area (Å²) >= 11 is 1.52. The van der Waals surface area contributed by atoms with Crippen LogP contribution in [0.3, 0.4) is 0 Å². The predicted molar refractivity (Wildman–Crippen MR) is 78.7 cm³/mol. The Morgan fingerprint density at radius 3 is 2.70 bits per heavy atom. The van der Waals surface area contributed by atoms with Gasteiger partial charge in [-0.3, -0.25) is 0 Å². The van der Waals surface area contributed by atoms with E-state index in [0.29, 0.717) is 13.1 Å². The first kappa shape index (κ1) is 13.8. The Balaban J connectivity index is 1.63. The van der Waals surface area contributed by atoms with Crippen LogP contribution in [0.5, 0.6) is 0 Å². The Labute approximate surface area is 121 Å². The van der Waals surface area contributed by atoms with Crippen molar-refractivity contribution in [2.75, 3.05) is 24.7 Å². The van der Waals surface area contributed by atoms with Gasteiger partial charge in [-0.25, -0.2) is 22.2 Å². The molecule has 0 bridgehead atoms. The molecule has 1 fully saturated rings. The second-order valence-electron chi connectivity index (χ2n) is 5.10. The molecule has 0 saturated carbocycles. The quantitative estimate of drug-likeness (QED) is 0.911. The van der Waals surface area contributed by atoms with Gasteiger partial charge < -0.3 is 5.32 Å². The van der Waals surface area contributed by atoms with E-state index in [1.165, 1.54) is 21.9 Å². The minimum Gasteiger partial charge on any atom is -0.357 e. The fourth-order valence-electron chi connectivity index (χ4n) is 2.37. The Kier molecular flexibility index (Phi) is 3.43. The maximum atomic E-state index is 11.4. The first-order valence-corrected chi connectivity index (χ1v) is 9.13. The molecule has 1 N–H and O–H groups in total. The second kappa shape index (κ2) is 4.97. The summed E-state index contributed by atoms with van der Waals surface area (Å²) in [6, 6.07) is 0.268. The van der Waals surface area contributed by atoms with E-state index >= 15 is 0 Å². The highest BCUT2D eigenvalue weighted by Crippen LogP contribution is 2.23. The Hall–Kier alpha value is -1.19. The zero-order chi connectivity index (χ0) is 14.3.